The molecule has 0 heterocycles. The van der Waals surface area contributed by atoms with Crippen LogP contribution in [0.15, 0.2) is 48.5 Å². The van der Waals surface area contributed by atoms with E-state index in [0.717, 1.165) is 0 Å². The number of aliphatic carboxylic acids is 2. The molecule has 40 heavy (non-hydrogen) atoms. The second-order valence-electron chi connectivity index (χ2n) is 8.98. The number of carboxylic acid groups (broad SMARTS) is 2. The lowest BCUT2D eigenvalue weighted by Gasteiger charge is -2.25. The Balaban J connectivity index is 2.33. The minimum absolute atomic E-state index is 0.00180. The molecular weight excluding hydrogens is 544 g/mol. The molecule has 0 saturated heterocycles. The Bertz CT molecular complexity index is 1190. The van der Waals surface area contributed by atoms with E-state index in [-0.39, 0.29) is 30.1 Å². The van der Waals surface area contributed by atoms with E-state index in [9.17, 15) is 39.3 Å². The summed E-state index contributed by atoms with van der Waals surface area (Å²) in [6.07, 6.45) is -1.07. The van der Waals surface area contributed by atoms with Gasteiger partial charge in [0.2, 0.25) is 17.7 Å². The molecule has 0 saturated carbocycles. The number of hydrogen-bond donors (Lipinski definition) is 9. The summed E-state index contributed by atoms with van der Waals surface area (Å²) in [4.78, 5) is 61.6. The molecule has 9 N–H and O–H groups in total. The summed E-state index contributed by atoms with van der Waals surface area (Å²) in [5, 5.41) is 44.8. The fourth-order valence-electron chi connectivity index (χ4n) is 3.59. The highest BCUT2D eigenvalue weighted by molar-refractivity contribution is 7.80. The fourth-order valence-corrected chi connectivity index (χ4v) is 3.75. The number of amides is 3. The van der Waals surface area contributed by atoms with E-state index in [2.05, 4.69) is 28.6 Å². The Labute approximate surface area is 235 Å². The average molecular weight is 577 g/mol. The van der Waals surface area contributed by atoms with Gasteiger partial charge in [0.05, 0.1) is 6.04 Å². The maximum absolute atomic E-state index is 13.4. The molecule has 0 aliphatic carbocycles. The standard InChI is InChI=1S/C26H32N4O9S/c27-18(13-40)23(35)29-20(11-14-1-5-16(31)6-2-14)25(37)30-21(12-15-3-7-17(32)8-4-15)24(36)28-19(26(38)39)9-10-22(33)34/h1-8,18-21,31-32,40H,9-13,27H2,(H,28,36)(H,29,35)(H,30,37)(H,33,34)(H,38,39). The predicted molar refractivity (Wildman–Crippen MR) is 146 cm³/mol. The van der Waals surface area contributed by atoms with Crippen LogP contribution in [0.5, 0.6) is 11.5 Å². The van der Waals surface area contributed by atoms with Crippen LogP contribution in [0.3, 0.4) is 0 Å². The van der Waals surface area contributed by atoms with Crippen molar-refractivity contribution in [2.75, 3.05) is 5.75 Å². The van der Waals surface area contributed by atoms with Gasteiger partial charge >= 0.3 is 11.9 Å². The molecule has 14 heteroatoms. The minimum atomic E-state index is -1.54. The highest BCUT2D eigenvalue weighted by Crippen LogP contribution is 2.14. The van der Waals surface area contributed by atoms with Crippen LogP contribution < -0.4 is 21.7 Å². The number of rotatable bonds is 15. The van der Waals surface area contributed by atoms with Crippen LogP contribution >= 0.6 is 12.6 Å². The smallest absolute Gasteiger partial charge is 0.326 e. The van der Waals surface area contributed by atoms with Crippen molar-refractivity contribution in [2.24, 2.45) is 5.73 Å². The van der Waals surface area contributed by atoms with Crippen LogP contribution in [0.25, 0.3) is 0 Å². The van der Waals surface area contributed by atoms with Crippen molar-refractivity contribution in [3.63, 3.8) is 0 Å². The zero-order chi connectivity index (χ0) is 29.8. The number of carboxylic acids is 2. The van der Waals surface area contributed by atoms with Crippen molar-refractivity contribution >= 4 is 42.3 Å². The summed E-state index contributed by atoms with van der Waals surface area (Å²) < 4.78 is 0. The van der Waals surface area contributed by atoms with E-state index in [1.807, 2.05) is 0 Å². The number of nitrogens with two attached hydrogens (primary N) is 1. The number of phenols is 2. The molecule has 2 aromatic carbocycles. The monoisotopic (exact) mass is 576 g/mol. The largest absolute Gasteiger partial charge is 0.508 e. The molecule has 0 aliphatic heterocycles. The molecule has 13 nitrogen and oxygen atoms in total. The number of nitrogens with one attached hydrogen (secondary N) is 3. The maximum atomic E-state index is 13.4. The lowest BCUT2D eigenvalue weighted by atomic mass is 10.0. The second-order valence-corrected chi connectivity index (χ2v) is 9.35. The number of carbonyl (C=O) groups excluding carboxylic acids is 3. The van der Waals surface area contributed by atoms with E-state index in [1.165, 1.54) is 36.4 Å². The normalized spacial score (nSPS) is 13.8. The molecule has 3 amide bonds. The van der Waals surface area contributed by atoms with Gasteiger partial charge in [0, 0.05) is 25.0 Å². The third-order valence-electron chi connectivity index (χ3n) is 5.81. The molecule has 0 aromatic heterocycles. The number of thiol groups is 1. The van der Waals surface area contributed by atoms with Crippen LogP contribution in [0, 0.1) is 0 Å². The van der Waals surface area contributed by atoms with Gasteiger partial charge in [-0.3, -0.25) is 19.2 Å². The van der Waals surface area contributed by atoms with Gasteiger partial charge in [-0.15, -0.1) is 0 Å². The number of carbonyl (C=O) groups is 5. The van der Waals surface area contributed by atoms with Gasteiger partial charge in [-0.05, 0) is 41.8 Å². The Hall–Kier alpha value is -4.30. The molecule has 0 fully saturated rings. The lowest BCUT2D eigenvalue weighted by molar-refractivity contribution is -0.143. The molecular formula is C26H32N4O9S. The average Bonchev–Trinajstić information content (AvgIpc) is 2.91. The van der Waals surface area contributed by atoms with Crippen molar-refractivity contribution in [2.45, 2.75) is 49.9 Å². The van der Waals surface area contributed by atoms with Crippen molar-refractivity contribution in [1.29, 1.82) is 0 Å². The van der Waals surface area contributed by atoms with Gasteiger partial charge < -0.3 is 42.1 Å². The first-order chi connectivity index (χ1) is 18.9. The van der Waals surface area contributed by atoms with Gasteiger partial charge in [-0.25, -0.2) is 4.79 Å². The molecule has 2 aromatic rings. The predicted octanol–water partition coefficient (Wildman–Crippen LogP) is -0.456. The molecule has 4 atom stereocenters. The van der Waals surface area contributed by atoms with Gasteiger partial charge in [0.25, 0.3) is 0 Å². The maximum Gasteiger partial charge on any atom is 0.326 e. The van der Waals surface area contributed by atoms with Crippen molar-refractivity contribution in [1.82, 2.24) is 16.0 Å². The minimum Gasteiger partial charge on any atom is -0.508 e. The first-order valence-corrected chi connectivity index (χ1v) is 12.8. The topological polar surface area (TPSA) is 228 Å². The summed E-state index contributed by atoms with van der Waals surface area (Å²) in [5.74, 6) is -5.11. The summed E-state index contributed by atoms with van der Waals surface area (Å²) in [6, 6.07) is 6.49. The van der Waals surface area contributed by atoms with Gasteiger partial charge in [0.1, 0.15) is 29.6 Å². The van der Waals surface area contributed by atoms with E-state index >= 15 is 0 Å². The molecule has 0 spiro atoms. The van der Waals surface area contributed by atoms with Gasteiger partial charge in [-0.1, -0.05) is 24.3 Å². The van der Waals surface area contributed by atoms with Crippen LogP contribution in [0.2, 0.25) is 0 Å². The third-order valence-corrected chi connectivity index (χ3v) is 6.21. The quantitative estimate of drug-likeness (QED) is 0.124. The first kappa shape index (κ1) is 31.9. The second kappa shape index (κ2) is 15.3. The van der Waals surface area contributed by atoms with E-state index in [4.69, 9.17) is 10.8 Å². The number of benzene rings is 2. The molecule has 4 unspecified atom stereocenters. The number of hydrogen-bond acceptors (Lipinski definition) is 9. The van der Waals surface area contributed by atoms with Crippen LogP contribution in [-0.4, -0.2) is 80.0 Å². The number of aromatic hydroxyl groups is 2. The lowest BCUT2D eigenvalue weighted by Crippen LogP contribution is -2.58. The summed E-state index contributed by atoms with van der Waals surface area (Å²) >= 11 is 3.99. The molecule has 0 bridgehead atoms. The highest BCUT2D eigenvalue weighted by atomic mass is 32.1. The Morgan fingerprint density at radius 2 is 1.10 bits per heavy atom. The molecule has 0 radical (unpaired) electrons. The van der Waals surface area contributed by atoms with Crippen LogP contribution in [0.1, 0.15) is 24.0 Å². The Kier molecular flexibility index (Phi) is 12.2. The van der Waals surface area contributed by atoms with Gasteiger partial charge in [-0.2, -0.15) is 12.6 Å². The molecule has 2 rings (SSSR count). The van der Waals surface area contributed by atoms with Crippen molar-refractivity contribution in [3.8, 4) is 11.5 Å². The first-order valence-electron chi connectivity index (χ1n) is 12.2. The fraction of sp³-hybridized carbons (Fsp3) is 0.346. The molecule has 0 aliphatic rings. The zero-order valence-electron chi connectivity index (χ0n) is 21.3. The van der Waals surface area contributed by atoms with Crippen molar-refractivity contribution in [3.05, 3.63) is 59.7 Å². The zero-order valence-corrected chi connectivity index (χ0v) is 22.2. The van der Waals surface area contributed by atoms with E-state index in [1.54, 1.807) is 12.1 Å². The van der Waals surface area contributed by atoms with Crippen molar-refractivity contribution < 1.29 is 44.4 Å². The summed E-state index contributed by atoms with van der Waals surface area (Å²) in [5.41, 5.74) is 6.81. The van der Waals surface area contributed by atoms with E-state index in [0.29, 0.717) is 11.1 Å². The Morgan fingerprint density at radius 3 is 1.48 bits per heavy atom. The van der Waals surface area contributed by atoms with E-state index < -0.39 is 66.7 Å². The van der Waals surface area contributed by atoms with Crippen LogP contribution in [-0.2, 0) is 36.8 Å². The third kappa shape index (κ3) is 10.5. The summed E-state index contributed by atoms with van der Waals surface area (Å²) in [7, 11) is 0. The SMILES string of the molecule is NC(CS)C(=O)NC(Cc1ccc(O)cc1)C(=O)NC(Cc1ccc(O)cc1)C(=O)NC(CCC(=O)O)C(=O)O. The highest BCUT2D eigenvalue weighted by Gasteiger charge is 2.31. The summed E-state index contributed by atoms with van der Waals surface area (Å²) in [6.45, 7) is 0. The van der Waals surface area contributed by atoms with Gasteiger partial charge in [0.15, 0.2) is 0 Å². The van der Waals surface area contributed by atoms with Crippen LogP contribution in [0.4, 0.5) is 0 Å². The molecule has 216 valence electrons. The number of phenolic OH excluding ortho intramolecular Hbond substituents is 2. The Morgan fingerprint density at radius 1 is 0.700 bits per heavy atom.